The average Bonchev–Trinajstić information content (AvgIpc) is 2.29. The van der Waals surface area contributed by atoms with Crippen LogP contribution in [0.25, 0.3) is 11.1 Å². The quantitative estimate of drug-likeness (QED) is 0.408. The lowest BCUT2D eigenvalue weighted by molar-refractivity contribution is 0.458. The SMILES string of the molecule is [B]c1cc(O)c(-c2cc(O)c([B])cc2O)cc1O. The van der Waals surface area contributed by atoms with Gasteiger partial charge in [0.05, 0.1) is 0 Å². The minimum absolute atomic E-state index is 0.00964. The molecule has 2 aromatic rings. The van der Waals surface area contributed by atoms with Gasteiger partial charge in [-0.2, -0.15) is 0 Å². The van der Waals surface area contributed by atoms with Gasteiger partial charge in [-0.3, -0.25) is 0 Å². The Morgan fingerprint density at radius 3 is 1.22 bits per heavy atom. The molecular weight excluding hydrogens is 230 g/mol. The number of benzene rings is 2. The maximum atomic E-state index is 9.74. The van der Waals surface area contributed by atoms with Crippen molar-refractivity contribution in [3.05, 3.63) is 24.3 Å². The Morgan fingerprint density at radius 2 is 0.889 bits per heavy atom. The molecule has 0 atom stereocenters. The summed E-state index contributed by atoms with van der Waals surface area (Å²) >= 11 is 0. The molecule has 86 valence electrons. The van der Waals surface area contributed by atoms with Crippen LogP contribution >= 0.6 is 0 Å². The summed E-state index contributed by atoms with van der Waals surface area (Å²) in [6.45, 7) is 0. The summed E-state index contributed by atoms with van der Waals surface area (Å²) in [4.78, 5) is 0. The van der Waals surface area contributed by atoms with Crippen LogP contribution in [0.1, 0.15) is 0 Å². The number of phenols is 4. The van der Waals surface area contributed by atoms with Crippen molar-refractivity contribution in [3.63, 3.8) is 0 Å². The van der Waals surface area contributed by atoms with Crippen molar-refractivity contribution in [2.75, 3.05) is 0 Å². The monoisotopic (exact) mass is 238 g/mol. The molecule has 0 heterocycles. The van der Waals surface area contributed by atoms with Crippen LogP contribution in [0.5, 0.6) is 23.0 Å². The molecule has 0 spiro atoms. The van der Waals surface area contributed by atoms with Crippen LogP contribution in [0, 0.1) is 0 Å². The molecule has 0 aliphatic carbocycles. The first-order chi connectivity index (χ1) is 8.40. The first-order valence-corrected chi connectivity index (χ1v) is 5.03. The van der Waals surface area contributed by atoms with E-state index in [0.29, 0.717) is 0 Å². The molecule has 6 heteroatoms. The van der Waals surface area contributed by atoms with Crippen LogP contribution in [0.3, 0.4) is 0 Å². The minimum atomic E-state index is -0.237. The Morgan fingerprint density at radius 1 is 0.556 bits per heavy atom. The summed E-state index contributed by atoms with van der Waals surface area (Å²) in [5, 5.41) is 38.5. The van der Waals surface area contributed by atoms with E-state index in [-0.39, 0.29) is 45.1 Å². The average molecular weight is 238 g/mol. The fourth-order valence-electron chi connectivity index (χ4n) is 1.62. The number of rotatable bonds is 1. The van der Waals surface area contributed by atoms with Gasteiger partial charge in [-0.05, 0) is 24.3 Å². The van der Waals surface area contributed by atoms with Crippen molar-refractivity contribution in [2.24, 2.45) is 0 Å². The van der Waals surface area contributed by atoms with Crippen molar-refractivity contribution in [2.45, 2.75) is 0 Å². The van der Waals surface area contributed by atoms with Gasteiger partial charge in [0, 0.05) is 11.1 Å². The first-order valence-electron chi connectivity index (χ1n) is 5.03. The lowest BCUT2D eigenvalue weighted by Crippen LogP contribution is -2.04. The van der Waals surface area contributed by atoms with Gasteiger partial charge in [0.15, 0.2) is 0 Å². The standard InChI is InChI=1S/C12H8B2O4/c13-7-3-9(15)5(1-11(7)17)6-2-12(18)8(14)4-10(6)16/h1-4,15-18H. The summed E-state index contributed by atoms with van der Waals surface area (Å²) in [5.41, 5.74) is 0.287. The Balaban J connectivity index is 2.69. The van der Waals surface area contributed by atoms with Gasteiger partial charge in [-0.15, -0.1) is 0 Å². The molecule has 4 radical (unpaired) electrons. The van der Waals surface area contributed by atoms with E-state index >= 15 is 0 Å². The second-order valence-corrected chi connectivity index (χ2v) is 3.86. The molecule has 0 fully saturated rings. The molecule has 0 amide bonds. The van der Waals surface area contributed by atoms with E-state index in [2.05, 4.69) is 0 Å². The number of hydrogen-bond donors (Lipinski definition) is 4. The van der Waals surface area contributed by atoms with Crippen LogP contribution in [0.4, 0.5) is 0 Å². The van der Waals surface area contributed by atoms with Crippen molar-refractivity contribution in [1.82, 2.24) is 0 Å². The molecule has 0 aliphatic rings. The van der Waals surface area contributed by atoms with Crippen LogP contribution < -0.4 is 10.9 Å². The van der Waals surface area contributed by atoms with E-state index in [9.17, 15) is 20.4 Å². The van der Waals surface area contributed by atoms with Gasteiger partial charge in [0.2, 0.25) is 0 Å². The van der Waals surface area contributed by atoms with Crippen LogP contribution in [0.15, 0.2) is 24.3 Å². The second kappa shape index (κ2) is 4.22. The van der Waals surface area contributed by atoms with Crippen LogP contribution in [0.2, 0.25) is 0 Å². The molecule has 18 heavy (non-hydrogen) atoms. The molecule has 0 aromatic heterocycles. The van der Waals surface area contributed by atoms with E-state index in [1.807, 2.05) is 0 Å². The first kappa shape index (κ1) is 12.2. The molecule has 2 aromatic carbocycles. The zero-order valence-corrected chi connectivity index (χ0v) is 9.25. The highest BCUT2D eigenvalue weighted by Crippen LogP contribution is 2.37. The molecular formula is C12H8B2O4. The number of aromatic hydroxyl groups is 4. The predicted octanol–water partition coefficient (Wildman–Crippen LogP) is -0.236. The van der Waals surface area contributed by atoms with Gasteiger partial charge in [-0.1, -0.05) is 10.9 Å². The Bertz CT molecular complexity index is 570. The number of hydrogen-bond acceptors (Lipinski definition) is 4. The van der Waals surface area contributed by atoms with E-state index in [0.717, 1.165) is 12.1 Å². The highest BCUT2D eigenvalue weighted by Gasteiger charge is 2.13. The highest BCUT2D eigenvalue weighted by molar-refractivity contribution is 6.35. The van der Waals surface area contributed by atoms with Crippen molar-refractivity contribution < 1.29 is 20.4 Å². The van der Waals surface area contributed by atoms with Crippen molar-refractivity contribution in [3.8, 4) is 34.1 Å². The molecule has 0 unspecified atom stereocenters. The fraction of sp³-hybridized carbons (Fsp3) is 0. The molecule has 0 aliphatic heterocycles. The summed E-state index contributed by atoms with van der Waals surface area (Å²) in [6, 6.07) is 4.68. The third-order valence-corrected chi connectivity index (χ3v) is 2.58. The predicted molar refractivity (Wildman–Crippen MR) is 69.3 cm³/mol. The molecule has 4 nitrogen and oxygen atoms in total. The maximum Gasteiger partial charge on any atom is 0.123 e. The number of phenolic OH excluding ortho intramolecular Hbond substituents is 4. The maximum absolute atomic E-state index is 9.74. The van der Waals surface area contributed by atoms with Gasteiger partial charge >= 0.3 is 0 Å². The second-order valence-electron chi connectivity index (χ2n) is 3.86. The van der Waals surface area contributed by atoms with Gasteiger partial charge in [-0.25, -0.2) is 0 Å². The third-order valence-electron chi connectivity index (χ3n) is 2.58. The summed E-state index contributed by atoms with van der Waals surface area (Å²) in [6.07, 6.45) is 0. The lowest BCUT2D eigenvalue weighted by atomic mass is 9.88. The third kappa shape index (κ3) is 1.97. The largest absolute Gasteiger partial charge is 0.509 e. The Hall–Kier alpha value is -2.23. The molecule has 4 N–H and O–H groups in total. The van der Waals surface area contributed by atoms with E-state index in [1.54, 1.807) is 0 Å². The summed E-state index contributed by atoms with van der Waals surface area (Å²) in [5.74, 6) is -0.938. The zero-order chi connectivity index (χ0) is 13.4. The lowest BCUT2D eigenvalue weighted by Gasteiger charge is -2.11. The van der Waals surface area contributed by atoms with Gasteiger partial charge in [0.1, 0.15) is 38.7 Å². The normalized spacial score (nSPS) is 10.4. The zero-order valence-electron chi connectivity index (χ0n) is 9.25. The molecule has 0 bridgehead atoms. The van der Waals surface area contributed by atoms with Crippen LogP contribution in [-0.4, -0.2) is 36.1 Å². The molecule has 2 rings (SSSR count). The van der Waals surface area contributed by atoms with Crippen LogP contribution in [-0.2, 0) is 0 Å². The van der Waals surface area contributed by atoms with Crippen molar-refractivity contribution >= 4 is 26.6 Å². The smallest absolute Gasteiger partial charge is 0.123 e. The summed E-state index contributed by atoms with van der Waals surface area (Å²) < 4.78 is 0. The van der Waals surface area contributed by atoms with E-state index in [1.165, 1.54) is 12.1 Å². The highest BCUT2D eigenvalue weighted by atomic mass is 16.3. The fourth-order valence-corrected chi connectivity index (χ4v) is 1.62. The van der Waals surface area contributed by atoms with E-state index in [4.69, 9.17) is 15.7 Å². The van der Waals surface area contributed by atoms with Crippen molar-refractivity contribution in [1.29, 1.82) is 0 Å². The Kier molecular flexibility index (Phi) is 2.87. The van der Waals surface area contributed by atoms with Gasteiger partial charge in [0.25, 0.3) is 0 Å². The molecule has 0 saturated heterocycles. The van der Waals surface area contributed by atoms with E-state index < -0.39 is 0 Å². The van der Waals surface area contributed by atoms with Gasteiger partial charge < -0.3 is 20.4 Å². The topological polar surface area (TPSA) is 80.9 Å². The minimum Gasteiger partial charge on any atom is -0.509 e. The Labute approximate surface area is 106 Å². The molecule has 0 saturated carbocycles. The summed E-state index contributed by atoms with van der Waals surface area (Å²) in [7, 11) is 10.8.